The van der Waals surface area contributed by atoms with Gasteiger partial charge in [-0.3, -0.25) is 9.59 Å². The van der Waals surface area contributed by atoms with Crippen LogP contribution in [0.3, 0.4) is 0 Å². The monoisotopic (exact) mass is 337 g/mol. The molecule has 1 saturated heterocycles. The highest BCUT2D eigenvalue weighted by Crippen LogP contribution is 2.29. The van der Waals surface area contributed by atoms with Crippen LogP contribution in [0.4, 0.5) is 0 Å². The van der Waals surface area contributed by atoms with Crippen LogP contribution in [0.15, 0.2) is 4.79 Å². The molecular formula is C15H19N3O4S. The molecule has 0 unspecified atom stereocenters. The van der Waals surface area contributed by atoms with Crippen LogP contribution < -0.4 is 5.56 Å². The van der Waals surface area contributed by atoms with Crippen molar-refractivity contribution in [2.24, 2.45) is 0 Å². The van der Waals surface area contributed by atoms with Gasteiger partial charge in [-0.15, -0.1) is 11.3 Å². The molecule has 2 N–H and O–H groups in total. The van der Waals surface area contributed by atoms with E-state index in [0.29, 0.717) is 39.6 Å². The molecule has 1 fully saturated rings. The molecule has 0 radical (unpaired) electrons. The highest BCUT2D eigenvalue weighted by atomic mass is 32.1. The van der Waals surface area contributed by atoms with Crippen molar-refractivity contribution in [3.8, 4) is 0 Å². The van der Waals surface area contributed by atoms with E-state index in [9.17, 15) is 14.7 Å². The first-order chi connectivity index (χ1) is 10.9. The van der Waals surface area contributed by atoms with E-state index in [1.807, 2.05) is 6.92 Å². The number of aromatic nitrogens is 2. The molecule has 0 bridgehead atoms. The molecule has 2 atom stereocenters. The van der Waals surface area contributed by atoms with Gasteiger partial charge in [0.1, 0.15) is 10.7 Å². The summed E-state index contributed by atoms with van der Waals surface area (Å²) in [6, 6.07) is -0.356. The first-order valence-electron chi connectivity index (χ1n) is 7.50. The molecule has 1 aliphatic heterocycles. The van der Waals surface area contributed by atoms with Gasteiger partial charge >= 0.3 is 0 Å². The van der Waals surface area contributed by atoms with E-state index >= 15 is 0 Å². The Hall–Kier alpha value is -1.77. The summed E-state index contributed by atoms with van der Waals surface area (Å²) in [7, 11) is 0. The molecular weight excluding hydrogens is 318 g/mol. The Labute approximate surface area is 136 Å². The number of amides is 1. The number of nitrogens with one attached hydrogen (secondary N) is 1. The maximum atomic E-state index is 12.9. The molecule has 1 aliphatic rings. The van der Waals surface area contributed by atoms with Gasteiger partial charge in [0.25, 0.3) is 11.5 Å². The molecule has 0 spiro atoms. The summed E-state index contributed by atoms with van der Waals surface area (Å²) in [6.45, 7) is 6.35. The van der Waals surface area contributed by atoms with E-state index in [4.69, 9.17) is 4.74 Å². The minimum Gasteiger partial charge on any atom is -0.388 e. The topological polar surface area (TPSA) is 95.5 Å². The molecule has 7 nitrogen and oxygen atoms in total. The summed E-state index contributed by atoms with van der Waals surface area (Å²) in [4.78, 5) is 34.7. The lowest BCUT2D eigenvalue weighted by Gasteiger charge is -2.28. The quantitative estimate of drug-likeness (QED) is 0.865. The summed E-state index contributed by atoms with van der Waals surface area (Å²) in [6.07, 6.45) is -0.683. The van der Waals surface area contributed by atoms with Crippen LogP contribution >= 0.6 is 11.3 Å². The Kier molecular flexibility index (Phi) is 4.22. The Morgan fingerprint density at radius 1 is 1.48 bits per heavy atom. The van der Waals surface area contributed by atoms with E-state index < -0.39 is 6.10 Å². The number of aryl methyl sites for hydroxylation is 2. The smallest absolute Gasteiger partial charge is 0.264 e. The zero-order valence-electron chi connectivity index (χ0n) is 13.3. The van der Waals surface area contributed by atoms with Gasteiger partial charge in [-0.25, -0.2) is 4.98 Å². The Balaban J connectivity index is 2.05. The third-order valence-electron chi connectivity index (χ3n) is 4.14. The number of aromatic amines is 1. The van der Waals surface area contributed by atoms with Crippen LogP contribution in [0.2, 0.25) is 0 Å². The lowest BCUT2D eigenvalue weighted by Crippen LogP contribution is -2.46. The fourth-order valence-corrected chi connectivity index (χ4v) is 4.13. The second-order valence-corrected chi connectivity index (χ2v) is 6.65. The fourth-order valence-electron chi connectivity index (χ4n) is 2.94. The number of hydrogen-bond donors (Lipinski definition) is 2. The van der Waals surface area contributed by atoms with Crippen LogP contribution in [-0.4, -0.2) is 57.8 Å². The van der Waals surface area contributed by atoms with Crippen molar-refractivity contribution >= 4 is 27.5 Å². The van der Waals surface area contributed by atoms with Crippen molar-refractivity contribution in [2.45, 2.75) is 32.9 Å². The predicted molar refractivity (Wildman–Crippen MR) is 87.0 cm³/mol. The van der Waals surface area contributed by atoms with Crippen molar-refractivity contribution in [3.05, 3.63) is 26.6 Å². The zero-order chi connectivity index (χ0) is 16.7. The van der Waals surface area contributed by atoms with Crippen molar-refractivity contribution in [1.29, 1.82) is 0 Å². The lowest BCUT2D eigenvalue weighted by molar-refractivity contribution is 0.0524. The van der Waals surface area contributed by atoms with Crippen molar-refractivity contribution in [1.82, 2.24) is 14.9 Å². The Morgan fingerprint density at radius 2 is 2.22 bits per heavy atom. The summed E-state index contributed by atoms with van der Waals surface area (Å²) >= 11 is 1.22. The van der Waals surface area contributed by atoms with Crippen LogP contribution in [0, 0.1) is 13.8 Å². The van der Waals surface area contributed by atoms with E-state index in [0.717, 1.165) is 0 Å². The SMILES string of the molecule is CCN(C(=O)c1sc2nc(C)[nH]c(=O)c2c1C)[C@H]1COC[C@@H]1O. The molecule has 8 heteroatoms. The number of thiophene rings is 1. The van der Waals surface area contributed by atoms with Gasteiger partial charge in [-0.2, -0.15) is 0 Å². The largest absolute Gasteiger partial charge is 0.388 e. The molecule has 0 aromatic carbocycles. The van der Waals surface area contributed by atoms with Gasteiger partial charge in [-0.1, -0.05) is 0 Å². The lowest BCUT2D eigenvalue weighted by atomic mass is 10.1. The van der Waals surface area contributed by atoms with Gasteiger partial charge < -0.3 is 19.7 Å². The average Bonchev–Trinajstić information content (AvgIpc) is 3.04. The summed E-state index contributed by atoms with van der Waals surface area (Å²) in [5.74, 6) is 0.328. The molecule has 0 aliphatic carbocycles. The van der Waals surface area contributed by atoms with Gasteiger partial charge in [0.15, 0.2) is 0 Å². The first kappa shape index (κ1) is 16.1. The molecule has 2 aromatic rings. The van der Waals surface area contributed by atoms with E-state index in [1.165, 1.54) is 11.3 Å². The van der Waals surface area contributed by atoms with Gasteiger partial charge in [0.05, 0.1) is 35.6 Å². The Bertz CT molecular complexity index is 813. The molecule has 1 amide bonds. The van der Waals surface area contributed by atoms with Crippen LogP contribution in [-0.2, 0) is 4.74 Å². The maximum absolute atomic E-state index is 12.9. The number of H-pyrrole nitrogens is 1. The third-order valence-corrected chi connectivity index (χ3v) is 5.31. The van der Waals surface area contributed by atoms with Gasteiger partial charge in [0.2, 0.25) is 0 Å². The normalized spacial score (nSPS) is 21.0. The number of carbonyl (C=O) groups excluding carboxylic acids is 1. The number of rotatable bonds is 3. The number of carbonyl (C=O) groups is 1. The predicted octanol–water partition coefficient (Wildman–Crippen LogP) is 0.823. The maximum Gasteiger partial charge on any atom is 0.264 e. The van der Waals surface area contributed by atoms with Crippen molar-refractivity contribution in [3.63, 3.8) is 0 Å². The van der Waals surface area contributed by atoms with E-state index in [2.05, 4.69) is 9.97 Å². The van der Waals surface area contributed by atoms with E-state index in [-0.39, 0.29) is 24.1 Å². The minimum atomic E-state index is -0.683. The van der Waals surface area contributed by atoms with Gasteiger partial charge in [0, 0.05) is 6.54 Å². The number of aliphatic hydroxyl groups is 1. The molecule has 23 heavy (non-hydrogen) atoms. The van der Waals surface area contributed by atoms with Crippen LogP contribution in [0.25, 0.3) is 10.2 Å². The van der Waals surface area contributed by atoms with Crippen molar-refractivity contribution < 1.29 is 14.6 Å². The molecule has 0 saturated carbocycles. The molecule has 3 rings (SSSR count). The Morgan fingerprint density at radius 3 is 2.83 bits per heavy atom. The number of likely N-dealkylation sites (N-methyl/N-ethyl adjacent to an activating group) is 1. The van der Waals surface area contributed by atoms with Crippen molar-refractivity contribution in [2.75, 3.05) is 19.8 Å². The van der Waals surface area contributed by atoms with Gasteiger partial charge in [-0.05, 0) is 26.3 Å². The summed E-state index contributed by atoms with van der Waals surface area (Å²) in [5, 5.41) is 10.5. The van der Waals surface area contributed by atoms with Crippen LogP contribution in [0.5, 0.6) is 0 Å². The number of aliphatic hydroxyl groups excluding tert-OH is 1. The standard InChI is InChI=1S/C15H19N3O4S/c1-4-18(9-5-22-6-10(9)19)15(21)12-7(2)11-13(20)16-8(3)17-14(11)23-12/h9-10,19H,4-6H2,1-3H3,(H,16,17,20)/t9-,10-/m0/s1. The zero-order valence-corrected chi connectivity index (χ0v) is 14.1. The van der Waals surface area contributed by atoms with Crippen LogP contribution in [0.1, 0.15) is 28.0 Å². The second-order valence-electron chi connectivity index (χ2n) is 5.65. The van der Waals surface area contributed by atoms with E-state index in [1.54, 1.807) is 18.7 Å². The molecule has 2 aromatic heterocycles. The number of fused-ring (bicyclic) bond motifs is 1. The third kappa shape index (κ3) is 2.66. The number of ether oxygens (including phenoxy) is 1. The number of nitrogens with zero attached hydrogens (tertiary/aromatic N) is 2. The molecule has 124 valence electrons. The average molecular weight is 337 g/mol. The summed E-state index contributed by atoms with van der Waals surface area (Å²) in [5.41, 5.74) is 0.406. The molecule has 3 heterocycles. The number of hydrogen-bond acceptors (Lipinski definition) is 6. The second kappa shape index (κ2) is 6.03. The highest BCUT2D eigenvalue weighted by Gasteiger charge is 2.35. The first-order valence-corrected chi connectivity index (χ1v) is 8.32. The minimum absolute atomic E-state index is 0.195. The highest BCUT2D eigenvalue weighted by molar-refractivity contribution is 7.20. The summed E-state index contributed by atoms with van der Waals surface area (Å²) < 4.78 is 5.25. The fraction of sp³-hybridized carbons (Fsp3) is 0.533.